The van der Waals surface area contributed by atoms with Gasteiger partial charge in [0.1, 0.15) is 11.5 Å². The molecule has 0 fully saturated rings. The maximum atomic E-state index is 10.7. The van der Waals surface area contributed by atoms with Crippen molar-refractivity contribution in [2.45, 2.75) is 6.92 Å². The summed E-state index contributed by atoms with van der Waals surface area (Å²) in [6, 6.07) is 15.9. The molecule has 0 saturated heterocycles. The molecule has 0 atom stereocenters. The third-order valence-electron chi connectivity index (χ3n) is 3.48. The quantitative estimate of drug-likeness (QED) is 0.236. The van der Waals surface area contributed by atoms with Gasteiger partial charge in [-0.3, -0.25) is 15.1 Å². The summed E-state index contributed by atoms with van der Waals surface area (Å²) in [4.78, 5) is 14.7. The summed E-state index contributed by atoms with van der Waals surface area (Å²) in [6.45, 7) is 2.01. The molecule has 0 bridgehead atoms. The first kappa shape index (κ1) is 16.4. The molecule has 0 aliphatic rings. The van der Waals surface area contributed by atoms with Crippen molar-refractivity contribution in [2.24, 2.45) is 4.99 Å². The van der Waals surface area contributed by atoms with E-state index in [1.165, 1.54) is 15.7 Å². The Labute approximate surface area is 152 Å². The van der Waals surface area contributed by atoms with Crippen LogP contribution in [0.15, 0.2) is 64.0 Å². The Morgan fingerprint density at radius 2 is 1.88 bits per heavy atom. The zero-order valence-corrected chi connectivity index (χ0v) is 14.9. The molecule has 24 heavy (non-hydrogen) atoms. The Morgan fingerprint density at radius 3 is 2.54 bits per heavy atom. The first-order chi connectivity index (χ1) is 11.5. The van der Waals surface area contributed by atoms with Gasteiger partial charge in [0.25, 0.3) is 5.69 Å². The highest BCUT2D eigenvalue weighted by atomic mass is 127. The molecule has 6 heteroatoms. The molecule has 0 aliphatic heterocycles. The van der Waals surface area contributed by atoms with Crippen molar-refractivity contribution < 1.29 is 9.34 Å². The zero-order chi connectivity index (χ0) is 17.1. The van der Waals surface area contributed by atoms with Crippen molar-refractivity contribution in [3.63, 3.8) is 0 Å². The fourth-order valence-corrected chi connectivity index (χ4v) is 2.87. The number of aliphatic imine (C=N–C) groups is 1. The van der Waals surface area contributed by atoms with Gasteiger partial charge in [0.15, 0.2) is 0 Å². The number of nitro benzene ring substituents is 1. The summed E-state index contributed by atoms with van der Waals surface area (Å²) in [6.07, 6.45) is 1.67. The van der Waals surface area contributed by atoms with Crippen LogP contribution in [-0.2, 0) is 0 Å². The number of non-ortho nitro benzene ring substituents is 1. The minimum atomic E-state index is -0.423. The standard InChI is InChI=1S/C18H13IN2O3/c1-12-10-14(19)4-8-17(12)20-11-16-7-9-18(24-16)13-2-5-15(6-3-13)21(22)23/h2-11H,1H3. The molecule has 0 saturated carbocycles. The number of hydrogen-bond acceptors (Lipinski definition) is 4. The third-order valence-corrected chi connectivity index (χ3v) is 4.15. The number of rotatable bonds is 4. The Bertz CT molecular complexity index is 914. The summed E-state index contributed by atoms with van der Waals surface area (Å²) >= 11 is 2.27. The lowest BCUT2D eigenvalue weighted by molar-refractivity contribution is -0.384. The second kappa shape index (κ2) is 6.96. The van der Waals surface area contributed by atoms with Crippen LogP contribution in [0.2, 0.25) is 0 Å². The molecule has 0 unspecified atom stereocenters. The molecular weight excluding hydrogens is 419 g/mol. The van der Waals surface area contributed by atoms with Crippen LogP contribution in [0.25, 0.3) is 11.3 Å². The van der Waals surface area contributed by atoms with Crippen molar-refractivity contribution in [3.8, 4) is 11.3 Å². The van der Waals surface area contributed by atoms with Crippen LogP contribution >= 0.6 is 22.6 Å². The summed E-state index contributed by atoms with van der Waals surface area (Å²) in [5.74, 6) is 1.27. The lowest BCUT2D eigenvalue weighted by atomic mass is 10.1. The Kier molecular flexibility index (Phi) is 4.75. The highest BCUT2D eigenvalue weighted by Crippen LogP contribution is 2.25. The van der Waals surface area contributed by atoms with Gasteiger partial charge >= 0.3 is 0 Å². The van der Waals surface area contributed by atoms with Crippen molar-refractivity contribution in [1.29, 1.82) is 0 Å². The fraction of sp³-hybridized carbons (Fsp3) is 0.0556. The molecule has 3 rings (SSSR count). The van der Waals surface area contributed by atoms with E-state index in [9.17, 15) is 10.1 Å². The molecule has 3 aromatic rings. The Morgan fingerprint density at radius 1 is 1.12 bits per heavy atom. The molecule has 5 nitrogen and oxygen atoms in total. The van der Waals surface area contributed by atoms with E-state index < -0.39 is 4.92 Å². The van der Waals surface area contributed by atoms with Crippen molar-refractivity contribution in [2.75, 3.05) is 0 Å². The zero-order valence-electron chi connectivity index (χ0n) is 12.8. The minimum Gasteiger partial charge on any atom is -0.455 e. The van der Waals surface area contributed by atoms with Gasteiger partial charge in [0.05, 0.1) is 16.8 Å². The Balaban J connectivity index is 1.80. The average Bonchev–Trinajstić information content (AvgIpc) is 3.03. The number of hydrogen-bond donors (Lipinski definition) is 0. The molecule has 120 valence electrons. The van der Waals surface area contributed by atoms with E-state index >= 15 is 0 Å². The summed E-state index contributed by atoms with van der Waals surface area (Å²) in [5.41, 5.74) is 2.83. The van der Waals surface area contributed by atoms with Crippen LogP contribution in [0.1, 0.15) is 11.3 Å². The predicted octanol–water partition coefficient (Wildman–Crippen LogP) is 5.52. The lowest BCUT2D eigenvalue weighted by Crippen LogP contribution is -1.86. The number of benzene rings is 2. The molecular formula is C18H13IN2O3. The first-order valence-electron chi connectivity index (χ1n) is 7.18. The van der Waals surface area contributed by atoms with Crippen LogP contribution in [-0.4, -0.2) is 11.1 Å². The molecule has 0 N–H and O–H groups in total. The molecule has 1 heterocycles. The first-order valence-corrected chi connectivity index (χ1v) is 8.26. The Hall–Kier alpha value is -2.48. The number of furan rings is 1. The number of halogens is 1. The van der Waals surface area contributed by atoms with Gasteiger partial charge in [-0.05, 0) is 77.5 Å². The van der Waals surface area contributed by atoms with Gasteiger partial charge in [-0.15, -0.1) is 0 Å². The van der Waals surface area contributed by atoms with E-state index in [1.54, 1.807) is 18.3 Å². The van der Waals surface area contributed by atoms with Gasteiger partial charge in [-0.2, -0.15) is 0 Å². The number of aryl methyl sites for hydroxylation is 1. The van der Waals surface area contributed by atoms with Gasteiger partial charge in [-0.25, -0.2) is 0 Å². The maximum absolute atomic E-state index is 10.7. The highest BCUT2D eigenvalue weighted by Gasteiger charge is 2.08. The van der Waals surface area contributed by atoms with Crippen LogP contribution in [0.3, 0.4) is 0 Å². The largest absolute Gasteiger partial charge is 0.455 e. The second-order valence-corrected chi connectivity index (χ2v) is 6.44. The second-order valence-electron chi connectivity index (χ2n) is 5.20. The summed E-state index contributed by atoms with van der Waals surface area (Å²) in [5, 5.41) is 10.7. The van der Waals surface area contributed by atoms with Gasteiger partial charge in [0, 0.05) is 21.3 Å². The van der Waals surface area contributed by atoms with Crippen molar-refractivity contribution in [3.05, 3.63) is 79.6 Å². The third kappa shape index (κ3) is 3.70. The maximum Gasteiger partial charge on any atom is 0.269 e. The van der Waals surface area contributed by atoms with Crippen LogP contribution in [0.4, 0.5) is 11.4 Å². The monoisotopic (exact) mass is 432 g/mol. The van der Waals surface area contributed by atoms with Gasteiger partial charge < -0.3 is 4.42 Å². The fourth-order valence-electron chi connectivity index (χ4n) is 2.22. The average molecular weight is 432 g/mol. The van der Waals surface area contributed by atoms with E-state index in [2.05, 4.69) is 33.6 Å². The molecule has 1 aromatic heterocycles. The normalized spacial score (nSPS) is 11.1. The minimum absolute atomic E-state index is 0.0567. The predicted molar refractivity (Wildman–Crippen MR) is 102 cm³/mol. The van der Waals surface area contributed by atoms with Crippen molar-refractivity contribution in [1.82, 2.24) is 0 Å². The number of nitro groups is 1. The number of nitrogens with zero attached hydrogens (tertiary/aromatic N) is 2. The highest BCUT2D eigenvalue weighted by molar-refractivity contribution is 14.1. The van der Waals surface area contributed by atoms with Crippen LogP contribution < -0.4 is 0 Å². The van der Waals surface area contributed by atoms with E-state index in [1.807, 2.05) is 31.2 Å². The van der Waals surface area contributed by atoms with Gasteiger partial charge in [0.2, 0.25) is 0 Å². The van der Waals surface area contributed by atoms with Crippen molar-refractivity contribution >= 4 is 40.2 Å². The van der Waals surface area contributed by atoms with Gasteiger partial charge in [-0.1, -0.05) is 0 Å². The van der Waals surface area contributed by atoms with E-state index in [0.29, 0.717) is 11.5 Å². The SMILES string of the molecule is Cc1cc(I)ccc1N=Cc1ccc(-c2ccc([N+](=O)[O-])cc2)o1. The summed E-state index contributed by atoms with van der Waals surface area (Å²) in [7, 11) is 0. The molecule has 0 radical (unpaired) electrons. The molecule has 0 aliphatic carbocycles. The molecule has 0 spiro atoms. The van der Waals surface area contributed by atoms with E-state index in [0.717, 1.165) is 16.8 Å². The van der Waals surface area contributed by atoms with Crippen LogP contribution in [0.5, 0.6) is 0 Å². The molecule has 0 amide bonds. The van der Waals surface area contributed by atoms with E-state index in [4.69, 9.17) is 4.42 Å². The lowest BCUT2D eigenvalue weighted by Gasteiger charge is -1.99. The van der Waals surface area contributed by atoms with Crippen LogP contribution in [0, 0.1) is 20.6 Å². The molecule has 2 aromatic carbocycles. The smallest absolute Gasteiger partial charge is 0.269 e. The van der Waals surface area contributed by atoms with E-state index in [-0.39, 0.29) is 5.69 Å². The summed E-state index contributed by atoms with van der Waals surface area (Å²) < 4.78 is 6.90. The topological polar surface area (TPSA) is 68.6 Å².